The van der Waals surface area contributed by atoms with Gasteiger partial charge in [-0.25, -0.2) is 0 Å². The Morgan fingerprint density at radius 2 is 0.381 bits per heavy atom. The minimum atomic E-state index is -0.698. The van der Waals surface area contributed by atoms with Crippen LogP contribution in [-0.2, 0) is 0 Å². The summed E-state index contributed by atoms with van der Waals surface area (Å²) < 4.78 is 0. The topological polar surface area (TPSA) is 0 Å². The molecule has 0 atom stereocenters. The molecular weight excluding hydrogens is 547 g/mol. The van der Waals surface area contributed by atoms with Crippen molar-refractivity contribution in [3.63, 3.8) is 0 Å². The van der Waals surface area contributed by atoms with Crippen LogP contribution in [0.3, 0.4) is 0 Å². The van der Waals surface area contributed by atoms with Crippen molar-refractivity contribution in [1.82, 2.24) is 0 Å². The molecule has 0 N–H and O–H groups in total. The predicted molar refractivity (Wildman–Crippen MR) is 197 cm³/mol. The Morgan fingerprint density at radius 3 is 0.595 bits per heavy atom. The molecule has 0 bridgehead atoms. The SMILES string of the molecule is CCCCCCCCCCCCCCCC[P+](CCCC)(CCCC)CCCCCCCCCCCCCCCC.[Cl-]. The second-order valence-corrected chi connectivity index (χ2v) is 18.6. The Balaban J connectivity index is 0. The van der Waals surface area contributed by atoms with Gasteiger partial charge in [0.15, 0.2) is 0 Å². The van der Waals surface area contributed by atoms with Gasteiger partial charge in [-0.1, -0.05) is 195 Å². The molecule has 0 aromatic rings. The summed E-state index contributed by atoms with van der Waals surface area (Å²) in [6.07, 6.45) is 54.0. The third-order valence-corrected chi connectivity index (χ3v) is 15.0. The van der Waals surface area contributed by atoms with Crippen molar-refractivity contribution < 1.29 is 12.4 Å². The first-order valence-electron chi connectivity index (χ1n) is 20.1. The molecule has 0 aliphatic rings. The van der Waals surface area contributed by atoms with Crippen LogP contribution in [0.15, 0.2) is 0 Å². The molecule has 0 unspecified atom stereocenters. The summed E-state index contributed by atoms with van der Waals surface area (Å²) in [6.45, 7) is 9.48. The summed E-state index contributed by atoms with van der Waals surface area (Å²) in [4.78, 5) is 0. The van der Waals surface area contributed by atoms with Crippen molar-refractivity contribution in [3.05, 3.63) is 0 Å². The number of halogens is 1. The molecule has 0 aromatic heterocycles. The van der Waals surface area contributed by atoms with Crippen LogP contribution in [0.4, 0.5) is 0 Å². The van der Waals surface area contributed by atoms with Gasteiger partial charge < -0.3 is 12.4 Å². The van der Waals surface area contributed by atoms with Gasteiger partial charge in [0.2, 0.25) is 0 Å². The van der Waals surface area contributed by atoms with Crippen LogP contribution in [0.1, 0.15) is 233 Å². The molecule has 0 aliphatic carbocycles. The zero-order valence-corrected chi connectivity index (χ0v) is 31.9. The predicted octanol–water partition coefficient (Wildman–Crippen LogP) is 12.6. The molecule has 0 saturated heterocycles. The molecule has 0 spiro atoms. The summed E-state index contributed by atoms with van der Waals surface area (Å²) in [7, 11) is -0.698. The van der Waals surface area contributed by atoms with Gasteiger partial charge in [-0.05, 0) is 38.5 Å². The van der Waals surface area contributed by atoms with Gasteiger partial charge >= 0.3 is 0 Å². The average molecular weight is 632 g/mol. The van der Waals surface area contributed by atoms with Crippen molar-refractivity contribution in [2.45, 2.75) is 233 Å². The van der Waals surface area contributed by atoms with Crippen molar-refractivity contribution in [1.29, 1.82) is 0 Å². The molecule has 0 saturated carbocycles. The van der Waals surface area contributed by atoms with E-state index in [-0.39, 0.29) is 12.4 Å². The maximum absolute atomic E-state index is 2.42. The lowest BCUT2D eigenvalue weighted by atomic mass is 10.0. The van der Waals surface area contributed by atoms with E-state index < -0.39 is 7.26 Å². The Kier molecular flexibility index (Phi) is 40.5. The Hall–Kier alpha value is 0.720. The second-order valence-electron chi connectivity index (χ2n) is 14.1. The molecule has 2 heteroatoms. The largest absolute Gasteiger partial charge is 1.00 e. The highest BCUT2D eigenvalue weighted by molar-refractivity contribution is 7.75. The van der Waals surface area contributed by atoms with Gasteiger partial charge in [-0.15, -0.1) is 0 Å². The van der Waals surface area contributed by atoms with E-state index in [9.17, 15) is 0 Å². The van der Waals surface area contributed by atoms with Crippen LogP contribution < -0.4 is 12.4 Å². The van der Waals surface area contributed by atoms with Crippen LogP contribution in [0.25, 0.3) is 0 Å². The molecule has 256 valence electrons. The van der Waals surface area contributed by atoms with Gasteiger partial charge in [0.1, 0.15) is 0 Å². The highest BCUT2D eigenvalue weighted by atomic mass is 35.5. The number of hydrogen-bond acceptors (Lipinski definition) is 0. The normalized spacial score (nSPS) is 11.7. The summed E-state index contributed by atoms with van der Waals surface area (Å²) in [5, 5.41) is 0. The van der Waals surface area contributed by atoms with Crippen molar-refractivity contribution in [3.8, 4) is 0 Å². The van der Waals surface area contributed by atoms with Crippen molar-refractivity contribution >= 4 is 7.26 Å². The van der Waals surface area contributed by atoms with E-state index in [0.717, 1.165) is 0 Å². The van der Waals surface area contributed by atoms with Crippen LogP contribution in [0.2, 0.25) is 0 Å². The molecule has 0 amide bonds. The summed E-state index contributed by atoms with van der Waals surface area (Å²) in [6, 6.07) is 0. The summed E-state index contributed by atoms with van der Waals surface area (Å²) >= 11 is 0. The second kappa shape index (κ2) is 37.9. The third kappa shape index (κ3) is 32.1. The lowest BCUT2D eigenvalue weighted by Crippen LogP contribution is -3.00. The molecule has 0 radical (unpaired) electrons. The van der Waals surface area contributed by atoms with Crippen molar-refractivity contribution in [2.24, 2.45) is 0 Å². The fourth-order valence-electron chi connectivity index (χ4n) is 6.94. The molecule has 0 nitrogen and oxygen atoms in total. The Morgan fingerprint density at radius 1 is 0.214 bits per heavy atom. The van der Waals surface area contributed by atoms with Crippen LogP contribution >= 0.6 is 7.26 Å². The highest BCUT2D eigenvalue weighted by Gasteiger charge is 2.34. The maximum Gasteiger partial charge on any atom is 0.0594 e. The van der Waals surface area contributed by atoms with E-state index in [1.807, 2.05) is 0 Å². The molecule has 42 heavy (non-hydrogen) atoms. The fourth-order valence-corrected chi connectivity index (χ4v) is 12.0. The fraction of sp³-hybridized carbons (Fsp3) is 1.00. The summed E-state index contributed by atoms with van der Waals surface area (Å²) in [5.74, 6) is 0. The van der Waals surface area contributed by atoms with E-state index in [1.165, 1.54) is 193 Å². The first-order valence-corrected chi connectivity index (χ1v) is 22.6. The van der Waals surface area contributed by atoms with Gasteiger partial charge in [0.05, 0.1) is 24.6 Å². The first kappa shape index (κ1) is 44.8. The number of rotatable bonds is 36. The first-order chi connectivity index (χ1) is 20.2. The summed E-state index contributed by atoms with van der Waals surface area (Å²) in [5.41, 5.74) is 0. The molecule has 0 heterocycles. The third-order valence-electron chi connectivity index (χ3n) is 9.94. The molecule has 0 aromatic carbocycles. The van der Waals surface area contributed by atoms with Gasteiger partial charge in [-0.3, -0.25) is 0 Å². The van der Waals surface area contributed by atoms with Crippen LogP contribution in [-0.4, -0.2) is 24.6 Å². The zero-order valence-electron chi connectivity index (χ0n) is 30.3. The van der Waals surface area contributed by atoms with Gasteiger partial charge in [-0.2, -0.15) is 0 Å². The Bertz CT molecular complexity index is 423. The molecular formula is C40H84ClP. The van der Waals surface area contributed by atoms with E-state index in [1.54, 1.807) is 37.5 Å². The highest BCUT2D eigenvalue weighted by Crippen LogP contribution is 2.61. The quantitative estimate of drug-likeness (QED) is 0.0477. The monoisotopic (exact) mass is 631 g/mol. The smallest absolute Gasteiger partial charge is 0.0594 e. The van der Waals surface area contributed by atoms with Gasteiger partial charge in [0, 0.05) is 7.26 Å². The number of unbranched alkanes of at least 4 members (excludes halogenated alkanes) is 28. The molecule has 0 aliphatic heterocycles. The standard InChI is InChI=1S/C40H84P.ClH/c1-5-9-13-15-17-19-21-23-25-27-29-31-33-35-39-41(37-11-7-3,38-12-8-4)40-36-34-32-30-28-26-24-22-20-18-16-14-10-6-2;/h5-40H2,1-4H3;1H/q+1;/p-1. The van der Waals surface area contributed by atoms with E-state index >= 15 is 0 Å². The van der Waals surface area contributed by atoms with E-state index in [4.69, 9.17) is 0 Å². The molecule has 0 rings (SSSR count). The maximum atomic E-state index is 2.42. The lowest BCUT2D eigenvalue weighted by molar-refractivity contribution is -0.00000929. The zero-order chi connectivity index (χ0) is 30.0. The van der Waals surface area contributed by atoms with Crippen LogP contribution in [0, 0.1) is 0 Å². The minimum absolute atomic E-state index is 0. The average Bonchev–Trinajstić information content (AvgIpc) is 2.99. The van der Waals surface area contributed by atoms with Gasteiger partial charge in [0.25, 0.3) is 0 Å². The minimum Gasteiger partial charge on any atom is -1.00 e. The van der Waals surface area contributed by atoms with E-state index in [0.29, 0.717) is 0 Å². The van der Waals surface area contributed by atoms with Crippen LogP contribution in [0.5, 0.6) is 0 Å². The van der Waals surface area contributed by atoms with E-state index in [2.05, 4.69) is 27.7 Å². The number of hydrogen-bond donors (Lipinski definition) is 0. The lowest BCUT2D eigenvalue weighted by Gasteiger charge is -2.28. The molecule has 0 fully saturated rings. The Labute approximate surface area is 276 Å². The van der Waals surface area contributed by atoms with Crippen molar-refractivity contribution in [2.75, 3.05) is 24.6 Å².